The van der Waals surface area contributed by atoms with Gasteiger partial charge in [0.15, 0.2) is 5.65 Å². The van der Waals surface area contributed by atoms with Crippen LogP contribution in [0.1, 0.15) is 13.8 Å². The van der Waals surface area contributed by atoms with Crippen LogP contribution in [-0.2, 0) is 0 Å². The van der Waals surface area contributed by atoms with Crippen molar-refractivity contribution in [3.8, 4) is 39.8 Å². The van der Waals surface area contributed by atoms with E-state index in [1.54, 1.807) is 20.4 Å². The minimum absolute atomic E-state index is 0.114. The second-order valence-corrected chi connectivity index (χ2v) is 6.90. The lowest BCUT2D eigenvalue weighted by molar-refractivity contribution is 0.242. The lowest BCUT2D eigenvalue weighted by Crippen LogP contribution is -2.05. The van der Waals surface area contributed by atoms with Crippen molar-refractivity contribution in [3.63, 3.8) is 0 Å². The molecule has 0 aliphatic carbocycles. The van der Waals surface area contributed by atoms with Gasteiger partial charge in [-0.15, -0.1) is 0 Å². The third-order valence-electron chi connectivity index (χ3n) is 4.58. The monoisotopic (exact) mass is 389 g/mol. The maximum atomic E-state index is 5.82. The van der Waals surface area contributed by atoms with Crippen molar-refractivity contribution in [3.05, 3.63) is 61.1 Å². The summed E-state index contributed by atoms with van der Waals surface area (Å²) in [4.78, 5) is 9.08. The molecule has 29 heavy (non-hydrogen) atoms. The Kier molecular flexibility index (Phi) is 5.08. The summed E-state index contributed by atoms with van der Waals surface area (Å²) >= 11 is 0. The molecule has 0 spiro atoms. The molecule has 0 bridgehead atoms. The van der Waals surface area contributed by atoms with E-state index in [0.29, 0.717) is 0 Å². The Morgan fingerprint density at radius 1 is 0.897 bits per heavy atom. The first kappa shape index (κ1) is 18.8. The van der Waals surface area contributed by atoms with Gasteiger partial charge in [-0.2, -0.15) is 0 Å². The van der Waals surface area contributed by atoms with Crippen molar-refractivity contribution in [2.45, 2.75) is 20.0 Å². The smallest absolute Gasteiger partial charge is 0.155 e. The minimum Gasteiger partial charge on any atom is -0.497 e. The van der Waals surface area contributed by atoms with Crippen LogP contribution in [0.25, 0.3) is 28.2 Å². The fraction of sp³-hybridized carbons (Fsp3) is 0.217. The van der Waals surface area contributed by atoms with Gasteiger partial charge < -0.3 is 14.2 Å². The molecule has 0 amide bonds. The molecule has 148 valence electrons. The van der Waals surface area contributed by atoms with Gasteiger partial charge in [0.05, 0.1) is 44.1 Å². The molecule has 0 unspecified atom stereocenters. The van der Waals surface area contributed by atoms with Gasteiger partial charge in [0.2, 0.25) is 0 Å². The van der Waals surface area contributed by atoms with Gasteiger partial charge in [0, 0.05) is 23.4 Å². The number of benzene rings is 2. The molecule has 0 aliphatic heterocycles. The topological polar surface area (TPSA) is 57.9 Å². The van der Waals surface area contributed by atoms with Crippen molar-refractivity contribution >= 4 is 5.65 Å². The van der Waals surface area contributed by atoms with Crippen LogP contribution in [0.3, 0.4) is 0 Å². The van der Waals surface area contributed by atoms with E-state index in [-0.39, 0.29) is 6.10 Å². The number of ether oxygens (including phenoxy) is 3. The summed E-state index contributed by atoms with van der Waals surface area (Å²) in [5.74, 6) is 2.28. The van der Waals surface area contributed by atoms with Crippen LogP contribution in [0, 0.1) is 0 Å². The highest BCUT2D eigenvalue weighted by Crippen LogP contribution is 2.34. The number of rotatable bonds is 6. The summed E-state index contributed by atoms with van der Waals surface area (Å²) in [6.07, 6.45) is 5.69. The Hall–Kier alpha value is -3.54. The summed E-state index contributed by atoms with van der Waals surface area (Å²) in [6.45, 7) is 4.02. The molecule has 0 fully saturated rings. The van der Waals surface area contributed by atoms with Gasteiger partial charge in [-0.3, -0.25) is 9.38 Å². The molecule has 4 rings (SSSR count). The third kappa shape index (κ3) is 3.74. The highest BCUT2D eigenvalue weighted by atomic mass is 16.5. The van der Waals surface area contributed by atoms with Gasteiger partial charge in [-0.25, -0.2) is 4.98 Å². The first-order valence-corrected chi connectivity index (χ1v) is 9.41. The average molecular weight is 389 g/mol. The highest BCUT2D eigenvalue weighted by molar-refractivity contribution is 5.72. The lowest BCUT2D eigenvalue weighted by Gasteiger charge is -2.12. The van der Waals surface area contributed by atoms with Gasteiger partial charge in [0.1, 0.15) is 17.2 Å². The van der Waals surface area contributed by atoms with Gasteiger partial charge in [-0.05, 0) is 38.1 Å². The van der Waals surface area contributed by atoms with Gasteiger partial charge in [0.25, 0.3) is 0 Å². The van der Waals surface area contributed by atoms with E-state index in [2.05, 4.69) is 9.97 Å². The molecule has 0 radical (unpaired) electrons. The van der Waals surface area contributed by atoms with Crippen molar-refractivity contribution in [1.29, 1.82) is 0 Å². The van der Waals surface area contributed by atoms with Crippen LogP contribution in [0.2, 0.25) is 0 Å². The normalized spacial score (nSPS) is 11.1. The summed E-state index contributed by atoms with van der Waals surface area (Å²) in [5, 5.41) is 0. The fourth-order valence-corrected chi connectivity index (χ4v) is 3.25. The molecule has 0 saturated heterocycles. The lowest BCUT2D eigenvalue weighted by atomic mass is 10.1. The molecule has 0 atom stereocenters. The summed E-state index contributed by atoms with van der Waals surface area (Å²) < 4.78 is 18.7. The summed E-state index contributed by atoms with van der Waals surface area (Å²) in [6, 6.07) is 13.7. The molecule has 0 N–H and O–H groups in total. The molecule has 0 saturated carbocycles. The number of nitrogens with zero attached hydrogens (tertiary/aromatic N) is 3. The second kappa shape index (κ2) is 7.83. The number of methoxy groups -OCH3 is 2. The molecule has 2 heterocycles. The fourth-order valence-electron chi connectivity index (χ4n) is 3.25. The standard InChI is InChI=1S/C23H23N3O3/c1-15(2)29-18-7-5-6-16(10-18)20-14-26-21(12-25-23(26)13-24-20)19-9-8-17(27-3)11-22(19)28-4/h5-15H,1-4H3. The van der Waals surface area contributed by atoms with Crippen LogP contribution < -0.4 is 14.2 Å². The zero-order valence-corrected chi connectivity index (χ0v) is 16.9. The first-order valence-electron chi connectivity index (χ1n) is 9.41. The Morgan fingerprint density at radius 3 is 2.52 bits per heavy atom. The highest BCUT2D eigenvalue weighted by Gasteiger charge is 2.14. The molecule has 6 nitrogen and oxygen atoms in total. The first-order chi connectivity index (χ1) is 14.1. The predicted octanol–water partition coefficient (Wildman–Crippen LogP) is 4.87. The maximum Gasteiger partial charge on any atom is 0.155 e. The zero-order chi connectivity index (χ0) is 20.4. The van der Waals surface area contributed by atoms with Crippen molar-refractivity contribution in [2.75, 3.05) is 14.2 Å². The molecule has 0 aliphatic rings. The molecule has 2 aromatic carbocycles. The maximum absolute atomic E-state index is 5.82. The average Bonchev–Trinajstić information content (AvgIpc) is 3.16. The molecule has 4 aromatic rings. The Morgan fingerprint density at radius 2 is 1.76 bits per heavy atom. The Labute approximate surface area is 169 Å². The van der Waals surface area contributed by atoms with Crippen molar-refractivity contribution < 1.29 is 14.2 Å². The van der Waals surface area contributed by atoms with Crippen LogP contribution in [0.15, 0.2) is 61.1 Å². The van der Waals surface area contributed by atoms with Gasteiger partial charge >= 0.3 is 0 Å². The summed E-state index contributed by atoms with van der Waals surface area (Å²) in [5.41, 5.74) is 4.41. The quantitative estimate of drug-likeness (QED) is 0.471. The zero-order valence-electron chi connectivity index (χ0n) is 16.9. The summed E-state index contributed by atoms with van der Waals surface area (Å²) in [7, 11) is 3.28. The van der Waals surface area contributed by atoms with E-state index in [4.69, 9.17) is 14.2 Å². The number of imidazole rings is 1. The van der Waals surface area contributed by atoms with E-state index in [0.717, 1.165) is 45.4 Å². The van der Waals surface area contributed by atoms with E-state index in [1.807, 2.05) is 73.1 Å². The van der Waals surface area contributed by atoms with Crippen LogP contribution >= 0.6 is 0 Å². The molecule has 2 aromatic heterocycles. The van der Waals surface area contributed by atoms with E-state index in [1.165, 1.54) is 0 Å². The third-order valence-corrected chi connectivity index (χ3v) is 4.58. The second-order valence-electron chi connectivity index (χ2n) is 6.90. The molecule has 6 heteroatoms. The molecular weight excluding hydrogens is 366 g/mol. The van der Waals surface area contributed by atoms with E-state index >= 15 is 0 Å². The number of hydrogen-bond donors (Lipinski definition) is 0. The van der Waals surface area contributed by atoms with Crippen LogP contribution in [0.5, 0.6) is 17.2 Å². The minimum atomic E-state index is 0.114. The largest absolute Gasteiger partial charge is 0.497 e. The van der Waals surface area contributed by atoms with Crippen LogP contribution in [-0.4, -0.2) is 34.7 Å². The predicted molar refractivity (Wildman–Crippen MR) is 113 cm³/mol. The Balaban J connectivity index is 1.80. The number of hydrogen-bond acceptors (Lipinski definition) is 5. The van der Waals surface area contributed by atoms with Crippen LogP contribution in [0.4, 0.5) is 0 Å². The SMILES string of the molecule is COc1ccc(-c2cnc3cnc(-c4cccc(OC(C)C)c4)cn23)c(OC)c1. The van der Waals surface area contributed by atoms with E-state index in [9.17, 15) is 0 Å². The van der Waals surface area contributed by atoms with Crippen molar-refractivity contribution in [2.24, 2.45) is 0 Å². The Bertz CT molecular complexity index is 1150. The van der Waals surface area contributed by atoms with Gasteiger partial charge in [-0.1, -0.05) is 12.1 Å². The van der Waals surface area contributed by atoms with E-state index < -0.39 is 0 Å². The number of aromatic nitrogens is 3. The molecular formula is C23H23N3O3. The number of fused-ring (bicyclic) bond motifs is 1. The van der Waals surface area contributed by atoms with Crippen molar-refractivity contribution in [1.82, 2.24) is 14.4 Å².